The second-order valence-electron chi connectivity index (χ2n) is 8.48. The summed E-state index contributed by atoms with van der Waals surface area (Å²) < 4.78 is 0. The van der Waals surface area contributed by atoms with Crippen LogP contribution in [0.3, 0.4) is 0 Å². The van der Waals surface area contributed by atoms with Gasteiger partial charge in [-0.1, -0.05) is 20.8 Å². The first kappa shape index (κ1) is 14.3. The van der Waals surface area contributed by atoms with E-state index in [9.17, 15) is 0 Å². The molecule has 2 unspecified atom stereocenters. The zero-order valence-corrected chi connectivity index (χ0v) is 13.2. The first-order valence-corrected chi connectivity index (χ1v) is 7.66. The molecule has 18 heavy (non-hydrogen) atoms. The summed E-state index contributed by atoms with van der Waals surface area (Å²) >= 11 is 0. The lowest BCUT2D eigenvalue weighted by atomic mass is 9.81. The third-order valence-electron chi connectivity index (χ3n) is 4.67. The Bertz CT molecular complexity index is 276. The highest BCUT2D eigenvalue weighted by atomic mass is 15.2. The molecule has 0 aromatic heterocycles. The predicted octanol–water partition coefficient (Wildman–Crippen LogP) is 3.42. The summed E-state index contributed by atoms with van der Waals surface area (Å²) in [5.41, 5.74) is 0.666. The highest BCUT2D eigenvalue weighted by Gasteiger charge is 2.40. The molecule has 0 aromatic rings. The first-order valence-electron chi connectivity index (χ1n) is 7.66. The molecule has 2 atom stereocenters. The SMILES string of the molecule is CN1C2CCC1CC(NC(C)(C)CC(C)(C)C)C2. The van der Waals surface area contributed by atoms with E-state index in [-0.39, 0.29) is 5.54 Å². The van der Waals surface area contributed by atoms with Crippen molar-refractivity contribution in [1.82, 2.24) is 10.2 Å². The highest BCUT2D eigenvalue weighted by Crippen LogP contribution is 2.36. The fourth-order valence-electron chi connectivity index (χ4n) is 4.46. The summed E-state index contributed by atoms with van der Waals surface area (Å²) in [6, 6.07) is 2.41. The van der Waals surface area contributed by atoms with Crippen LogP contribution in [0.15, 0.2) is 0 Å². The van der Waals surface area contributed by atoms with Crippen LogP contribution in [0.25, 0.3) is 0 Å². The van der Waals surface area contributed by atoms with E-state index in [4.69, 9.17) is 0 Å². The van der Waals surface area contributed by atoms with Gasteiger partial charge in [-0.25, -0.2) is 0 Å². The van der Waals surface area contributed by atoms with Crippen molar-refractivity contribution < 1.29 is 0 Å². The summed E-state index contributed by atoms with van der Waals surface area (Å²) in [7, 11) is 2.32. The minimum Gasteiger partial charge on any atom is -0.309 e. The van der Waals surface area contributed by atoms with E-state index in [0.29, 0.717) is 5.41 Å². The largest absolute Gasteiger partial charge is 0.309 e. The molecular weight excluding hydrogens is 220 g/mol. The molecule has 0 aromatic carbocycles. The molecule has 0 radical (unpaired) electrons. The van der Waals surface area contributed by atoms with Crippen LogP contribution in [0, 0.1) is 5.41 Å². The van der Waals surface area contributed by atoms with E-state index in [1.165, 1.54) is 32.1 Å². The minimum absolute atomic E-state index is 0.262. The fourth-order valence-corrected chi connectivity index (χ4v) is 4.46. The maximum absolute atomic E-state index is 3.95. The number of nitrogens with zero attached hydrogens (tertiary/aromatic N) is 1. The van der Waals surface area contributed by atoms with Gasteiger partial charge in [-0.2, -0.15) is 0 Å². The van der Waals surface area contributed by atoms with Gasteiger partial charge in [0.2, 0.25) is 0 Å². The lowest BCUT2D eigenvalue weighted by Crippen LogP contribution is -2.54. The molecule has 2 fully saturated rings. The predicted molar refractivity (Wildman–Crippen MR) is 78.9 cm³/mol. The zero-order chi connectivity index (χ0) is 13.6. The van der Waals surface area contributed by atoms with Gasteiger partial charge < -0.3 is 10.2 Å². The van der Waals surface area contributed by atoms with Gasteiger partial charge in [0, 0.05) is 23.7 Å². The van der Waals surface area contributed by atoms with Crippen molar-refractivity contribution in [3.8, 4) is 0 Å². The van der Waals surface area contributed by atoms with Crippen LogP contribution in [-0.4, -0.2) is 35.6 Å². The maximum atomic E-state index is 3.95. The Morgan fingerprint density at radius 1 is 1.00 bits per heavy atom. The van der Waals surface area contributed by atoms with Crippen molar-refractivity contribution in [2.75, 3.05) is 7.05 Å². The number of nitrogens with one attached hydrogen (secondary N) is 1. The summed E-state index contributed by atoms with van der Waals surface area (Å²) in [6.07, 6.45) is 6.76. The van der Waals surface area contributed by atoms with Gasteiger partial charge >= 0.3 is 0 Å². The Balaban J connectivity index is 1.90. The Labute approximate surface area is 114 Å². The molecule has 0 aliphatic carbocycles. The number of fused-ring (bicyclic) bond motifs is 2. The third-order valence-corrected chi connectivity index (χ3v) is 4.67. The summed E-state index contributed by atoms with van der Waals surface area (Å²) in [5.74, 6) is 0. The van der Waals surface area contributed by atoms with Gasteiger partial charge in [-0.3, -0.25) is 0 Å². The number of hydrogen-bond donors (Lipinski definition) is 1. The molecule has 2 nitrogen and oxygen atoms in total. The fraction of sp³-hybridized carbons (Fsp3) is 1.00. The van der Waals surface area contributed by atoms with Crippen molar-refractivity contribution >= 4 is 0 Å². The molecule has 2 aliphatic heterocycles. The van der Waals surface area contributed by atoms with Gasteiger partial charge in [0.15, 0.2) is 0 Å². The number of piperidine rings is 1. The van der Waals surface area contributed by atoms with E-state index in [2.05, 4.69) is 51.9 Å². The second kappa shape index (κ2) is 4.79. The molecule has 2 aliphatic rings. The Morgan fingerprint density at radius 3 is 1.94 bits per heavy atom. The Morgan fingerprint density at radius 2 is 1.50 bits per heavy atom. The smallest absolute Gasteiger partial charge is 0.0132 e. The number of hydrogen-bond acceptors (Lipinski definition) is 2. The molecule has 2 saturated heterocycles. The van der Waals surface area contributed by atoms with Gasteiger partial charge in [0.05, 0.1) is 0 Å². The molecular formula is C16H32N2. The average Bonchev–Trinajstić information content (AvgIpc) is 2.41. The monoisotopic (exact) mass is 252 g/mol. The van der Waals surface area contributed by atoms with Crippen molar-refractivity contribution in [1.29, 1.82) is 0 Å². The second-order valence-corrected chi connectivity index (χ2v) is 8.48. The average molecular weight is 252 g/mol. The van der Waals surface area contributed by atoms with Crippen molar-refractivity contribution in [2.45, 2.75) is 90.4 Å². The quantitative estimate of drug-likeness (QED) is 0.828. The van der Waals surface area contributed by atoms with Crippen LogP contribution in [0.5, 0.6) is 0 Å². The zero-order valence-electron chi connectivity index (χ0n) is 13.2. The summed E-state index contributed by atoms with van der Waals surface area (Å²) in [6.45, 7) is 11.8. The van der Waals surface area contributed by atoms with Crippen LogP contribution in [0.1, 0.15) is 66.7 Å². The van der Waals surface area contributed by atoms with Gasteiger partial charge in [0.25, 0.3) is 0 Å². The van der Waals surface area contributed by atoms with E-state index in [1.807, 2.05) is 0 Å². The first-order chi connectivity index (χ1) is 8.16. The van der Waals surface area contributed by atoms with Crippen LogP contribution in [0.2, 0.25) is 0 Å². The van der Waals surface area contributed by atoms with Gasteiger partial charge in [-0.15, -0.1) is 0 Å². The Kier molecular flexibility index (Phi) is 3.81. The van der Waals surface area contributed by atoms with Crippen LogP contribution < -0.4 is 5.32 Å². The normalized spacial score (nSPS) is 34.0. The van der Waals surface area contributed by atoms with Crippen molar-refractivity contribution in [3.05, 3.63) is 0 Å². The maximum Gasteiger partial charge on any atom is 0.0132 e. The molecule has 2 heteroatoms. The molecule has 2 heterocycles. The topological polar surface area (TPSA) is 15.3 Å². The molecule has 2 rings (SSSR count). The Hall–Kier alpha value is -0.0800. The highest BCUT2D eigenvalue weighted by molar-refractivity contribution is 4.98. The molecule has 0 saturated carbocycles. The molecule has 2 bridgehead atoms. The van der Waals surface area contributed by atoms with Crippen LogP contribution >= 0.6 is 0 Å². The van der Waals surface area contributed by atoms with Crippen LogP contribution in [0.4, 0.5) is 0 Å². The van der Waals surface area contributed by atoms with Gasteiger partial charge in [0.1, 0.15) is 0 Å². The lowest BCUT2D eigenvalue weighted by Gasteiger charge is -2.42. The molecule has 0 spiro atoms. The van der Waals surface area contributed by atoms with E-state index in [0.717, 1.165) is 18.1 Å². The third kappa shape index (κ3) is 3.48. The van der Waals surface area contributed by atoms with Gasteiger partial charge in [-0.05, 0) is 58.4 Å². The van der Waals surface area contributed by atoms with Crippen LogP contribution in [-0.2, 0) is 0 Å². The lowest BCUT2D eigenvalue weighted by molar-refractivity contribution is 0.122. The molecule has 106 valence electrons. The van der Waals surface area contributed by atoms with Crippen molar-refractivity contribution in [2.24, 2.45) is 5.41 Å². The summed E-state index contributed by atoms with van der Waals surface area (Å²) in [4.78, 5) is 2.62. The molecule has 1 N–H and O–H groups in total. The van der Waals surface area contributed by atoms with E-state index < -0.39 is 0 Å². The van der Waals surface area contributed by atoms with Crippen molar-refractivity contribution in [3.63, 3.8) is 0 Å². The number of rotatable bonds is 3. The standard InChI is InChI=1S/C16H32N2/c1-15(2,3)11-16(4,5)17-12-9-13-7-8-14(10-12)18(13)6/h12-14,17H,7-11H2,1-6H3. The van der Waals surface area contributed by atoms with E-state index in [1.54, 1.807) is 0 Å². The molecule has 0 amide bonds. The summed E-state index contributed by atoms with van der Waals surface area (Å²) in [5, 5.41) is 3.95. The minimum atomic E-state index is 0.262. The van der Waals surface area contributed by atoms with E-state index >= 15 is 0 Å².